The zero-order valence-corrected chi connectivity index (χ0v) is 16.4. The number of rotatable bonds is 8. The minimum Gasteiger partial charge on any atom is -0.354 e. The summed E-state index contributed by atoms with van der Waals surface area (Å²) in [6.45, 7) is 2.51. The smallest absolute Gasteiger partial charge is 0.243 e. The molecular weight excluding hydrogens is 384 g/mol. The predicted octanol–water partition coefficient (Wildman–Crippen LogP) is 2.63. The maximum absolute atomic E-state index is 13.0. The molecule has 0 aliphatic heterocycles. The van der Waals surface area contributed by atoms with Crippen LogP contribution in [0.5, 0.6) is 0 Å². The fourth-order valence-electron chi connectivity index (χ4n) is 2.63. The average Bonchev–Trinajstić information content (AvgIpc) is 3.15. The predicted molar refractivity (Wildman–Crippen MR) is 105 cm³/mol. The maximum Gasteiger partial charge on any atom is 0.243 e. The molecule has 0 bridgehead atoms. The molecule has 0 aliphatic rings. The lowest BCUT2D eigenvalue weighted by molar-refractivity contribution is -0.122. The second kappa shape index (κ2) is 8.55. The van der Waals surface area contributed by atoms with E-state index in [-0.39, 0.29) is 10.8 Å². The lowest BCUT2D eigenvalue weighted by Gasteiger charge is -2.19. The summed E-state index contributed by atoms with van der Waals surface area (Å²) in [6, 6.07) is 12.5. The number of nitrogens with one attached hydrogen (secondary N) is 2. The Morgan fingerprint density at radius 2 is 1.89 bits per heavy atom. The van der Waals surface area contributed by atoms with E-state index in [0.717, 1.165) is 24.6 Å². The van der Waals surface area contributed by atoms with Gasteiger partial charge in [-0.15, -0.1) is 0 Å². The van der Waals surface area contributed by atoms with Crippen molar-refractivity contribution in [2.75, 3.05) is 6.54 Å². The molecular formula is C18H20N4O3S2. The fourth-order valence-corrected chi connectivity index (χ4v) is 4.58. The number of benzene rings is 2. The number of carbonyl (C=O) groups is 1. The van der Waals surface area contributed by atoms with Crippen LogP contribution in [0.25, 0.3) is 11.0 Å². The minimum atomic E-state index is -3.99. The quantitative estimate of drug-likeness (QED) is 0.562. The molecule has 1 aromatic heterocycles. The largest absolute Gasteiger partial charge is 0.354 e. The van der Waals surface area contributed by atoms with Crippen molar-refractivity contribution >= 4 is 38.7 Å². The van der Waals surface area contributed by atoms with Crippen LogP contribution in [-0.2, 0) is 14.8 Å². The van der Waals surface area contributed by atoms with E-state index in [2.05, 4.69) is 18.8 Å². The van der Waals surface area contributed by atoms with Gasteiger partial charge in [0, 0.05) is 6.54 Å². The Morgan fingerprint density at radius 3 is 2.63 bits per heavy atom. The van der Waals surface area contributed by atoms with Gasteiger partial charge in [-0.1, -0.05) is 49.7 Å². The van der Waals surface area contributed by atoms with Crippen molar-refractivity contribution in [3.05, 3.63) is 54.1 Å². The molecule has 0 saturated heterocycles. The standard InChI is InChI=1S/C18H20N4O3S2/c1-2-3-12-19-18(23)16(13-8-5-4-6-9-13)22-27(24,25)15-11-7-10-14-17(15)21-26-20-14/h4-11,16,22H,2-3,12H2,1H3,(H,19,23)/t16-/m0/s1. The summed E-state index contributed by atoms with van der Waals surface area (Å²) < 4.78 is 36.7. The van der Waals surface area contributed by atoms with Gasteiger partial charge in [-0.3, -0.25) is 4.79 Å². The van der Waals surface area contributed by atoms with Gasteiger partial charge in [0.25, 0.3) is 0 Å². The highest BCUT2D eigenvalue weighted by molar-refractivity contribution is 7.89. The second-order valence-corrected chi connectivity index (χ2v) is 8.21. The first-order valence-electron chi connectivity index (χ1n) is 8.59. The van der Waals surface area contributed by atoms with Gasteiger partial charge in [0.1, 0.15) is 22.0 Å². The molecule has 0 aliphatic carbocycles. The van der Waals surface area contributed by atoms with E-state index in [1.807, 2.05) is 13.0 Å². The van der Waals surface area contributed by atoms with Crippen LogP contribution in [0.15, 0.2) is 53.4 Å². The number of nitrogens with zero attached hydrogens (tertiary/aromatic N) is 2. The van der Waals surface area contributed by atoms with Gasteiger partial charge >= 0.3 is 0 Å². The van der Waals surface area contributed by atoms with E-state index in [9.17, 15) is 13.2 Å². The Morgan fingerprint density at radius 1 is 1.11 bits per heavy atom. The lowest BCUT2D eigenvalue weighted by Crippen LogP contribution is -2.40. The highest BCUT2D eigenvalue weighted by Gasteiger charge is 2.28. The van der Waals surface area contributed by atoms with Crippen molar-refractivity contribution in [3.63, 3.8) is 0 Å². The van der Waals surface area contributed by atoms with Gasteiger partial charge in [-0.05, 0) is 24.1 Å². The van der Waals surface area contributed by atoms with Gasteiger partial charge in [0.05, 0.1) is 11.7 Å². The molecule has 2 aromatic carbocycles. The number of amides is 1. The molecule has 1 heterocycles. The summed E-state index contributed by atoms with van der Waals surface area (Å²) in [4.78, 5) is 12.7. The van der Waals surface area contributed by atoms with Crippen molar-refractivity contribution in [3.8, 4) is 0 Å². The Kier molecular flexibility index (Phi) is 6.15. The molecule has 0 radical (unpaired) electrons. The van der Waals surface area contributed by atoms with Crippen molar-refractivity contribution in [1.82, 2.24) is 18.8 Å². The fraction of sp³-hybridized carbons (Fsp3) is 0.278. The van der Waals surface area contributed by atoms with E-state index in [4.69, 9.17) is 0 Å². The van der Waals surface area contributed by atoms with Gasteiger partial charge < -0.3 is 5.32 Å². The first-order chi connectivity index (χ1) is 13.0. The van der Waals surface area contributed by atoms with E-state index in [1.54, 1.807) is 36.4 Å². The van der Waals surface area contributed by atoms with Gasteiger partial charge in [0.2, 0.25) is 15.9 Å². The van der Waals surface area contributed by atoms with Crippen LogP contribution >= 0.6 is 11.7 Å². The van der Waals surface area contributed by atoms with Crippen LogP contribution in [0.2, 0.25) is 0 Å². The molecule has 1 amide bonds. The minimum absolute atomic E-state index is 0.0102. The Balaban J connectivity index is 1.93. The van der Waals surface area contributed by atoms with E-state index >= 15 is 0 Å². The summed E-state index contributed by atoms with van der Waals surface area (Å²) in [7, 11) is -3.99. The van der Waals surface area contributed by atoms with Crippen LogP contribution in [0.1, 0.15) is 31.4 Å². The molecule has 0 unspecified atom stereocenters. The number of sulfonamides is 1. The third-order valence-electron chi connectivity index (χ3n) is 4.04. The topological polar surface area (TPSA) is 101 Å². The Bertz CT molecular complexity index is 1020. The zero-order valence-electron chi connectivity index (χ0n) is 14.8. The number of aromatic nitrogens is 2. The zero-order chi connectivity index (χ0) is 19.3. The van der Waals surface area contributed by atoms with Crippen LogP contribution in [0, 0.1) is 0 Å². The van der Waals surface area contributed by atoms with Crippen LogP contribution in [0.3, 0.4) is 0 Å². The summed E-state index contributed by atoms with van der Waals surface area (Å²) in [5.41, 5.74) is 1.37. The number of unbranched alkanes of at least 4 members (excludes halogenated alkanes) is 1. The first kappa shape index (κ1) is 19.4. The van der Waals surface area contributed by atoms with E-state index in [1.165, 1.54) is 6.07 Å². The number of hydrogen-bond acceptors (Lipinski definition) is 6. The van der Waals surface area contributed by atoms with Crippen molar-refractivity contribution in [1.29, 1.82) is 0 Å². The van der Waals surface area contributed by atoms with Crippen LogP contribution < -0.4 is 10.0 Å². The molecule has 9 heteroatoms. The monoisotopic (exact) mass is 404 g/mol. The van der Waals surface area contributed by atoms with E-state index in [0.29, 0.717) is 23.1 Å². The summed E-state index contributed by atoms with van der Waals surface area (Å²) >= 11 is 0.947. The second-order valence-electron chi connectivity index (χ2n) is 6.00. The van der Waals surface area contributed by atoms with E-state index < -0.39 is 16.1 Å². The molecule has 0 spiro atoms. The first-order valence-corrected chi connectivity index (χ1v) is 10.8. The van der Waals surface area contributed by atoms with Crippen LogP contribution in [0.4, 0.5) is 0 Å². The van der Waals surface area contributed by atoms with Crippen molar-refractivity contribution < 1.29 is 13.2 Å². The molecule has 2 N–H and O–H groups in total. The average molecular weight is 405 g/mol. The lowest BCUT2D eigenvalue weighted by atomic mass is 10.1. The Labute approximate surface area is 162 Å². The molecule has 27 heavy (non-hydrogen) atoms. The number of hydrogen-bond donors (Lipinski definition) is 2. The summed E-state index contributed by atoms with van der Waals surface area (Å²) in [5.74, 6) is -0.387. The number of fused-ring (bicyclic) bond motifs is 1. The molecule has 0 saturated carbocycles. The maximum atomic E-state index is 13.0. The summed E-state index contributed by atoms with van der Waals surface area (Å²) in [6.07, 6.45) is 1.75. The highest BCUT2D eigenvalue weighted by atomic mass is 32.2. The normalized spacial score (nSPS) is 12.8. The molecule has 3 aromatic rings. The SMILES string of the molecule is CCCCNC(=O)[C@@H](NS(=O)(=O)c1cccc2nsnc12)c1ccccc1. The van der Waals surface area contributed by atoms with Crippen molar-refractivity contribution in [2.45, 2.75) is 30.7 Å². The Hall–Kier alpha value is -2.36. The van der Waals surface area contributed by atoms with Gasteiger partial charge in [0.15, 0.2) is 0 Å². The third-order valence-corrected chi connectivity index (χ3v) is 6.03. The van der Waals surface area contributed by atoms with Crippen molar-refractivity contribution in [2.24, 2.45) is 0 Å². The molecule has 142 valence electrons. The van der Waals surface area contributed by atoms with Crippen LogP contribution in [-0.4, -0.2) is 29.6 Å². The third kappa shape index (κ3) is 4.49. The molecule has 3 rings (SSSR count). The number of carbonyl (C=O) groups excluding carboxylic acids is 1. The van der Waals surface area contributed by atoms with Gasteiger partial charge in [-0.25, -0.2) is 8.42 Å². The highest BCUT2D eigenvalue weighted by Crippen LogP contribution is 2.23. The summed E-state index contributed by atoms with van der Waals surface area (Å²) in [5, 5.41) is 2.80. The molecule has 1 atom stereocenters. The molecule has 0 fully saturated rings. The van der Waals surface area contributed by atoms with Gasteiger partial charge in [-0.2, -0.15) is 13.5 Å². The molecule has 7 nitrogen and oxygen atoms in total.